The van der Waals surface area contributed by atoms with Gasteiger partial charge in [0.05, 0.1) is 5.56 Å². The second-order valence-corrected chi connectivity index (χ2v) is 7.11. The van der Waals surface area contributed by atoms with Gasteiger partial charge in [-0.3, -0.25) is 9.69 Å². The third kappa shape index (κ3) is 5.38. The molecule has 0 radical (unpaired) electrons. The number of hydrogen-bond donors (Lipinski definition) is 1. The van der Waals surface area contributed by atoms with Crippen LogP contribution < -0.4 is 5.32 Å². The predicted octanol–water partition coefficient (Wildman–Crippen LogP) is 3.47. The van der Waals surface area contributed by atoms with Gasteiger partial charge in [0.1, 0.15) is 5.82 Å². The molecule has 1 N–H and O–H groups in total. The second kappa shape index (κ2) is 9.28. The number of pyridine rings is 1. The molecule has 0 aliphatic carbocycles. The summed E-state index contributed by atoms with van der Waals surface area (Å²) in [6.45, 7) is 6.30. The molecule has 1 aromatic carbocycles. The van der Waals surface area contributed by atoms with Gasteiger partial charge in [-0.2, -0.15) is 13.2 Å². The highest BCUT2D eigenvalue weighted by atomic mass is 19.4. The minimum atomic E-state index is -4.56. The zero-order valence-corrected chi connectivity index (χ0v) is 16.7. The van der Waals surface area contributed by atoms with Gasteiger partial charge in [0.25, 0.3) is 5.91 Å². The van der Waals surface area contributed by atoms with Crippen LogP contribution in [-0.4, -0.2) is 53.4 Å². The van der Waals surface area contributed by atoms with E-state index < -0.39 is 17.6 Å². The number of rotatable bonds is 5. The van der Waals surface area contributed by atoms with Crippen LogP contribution >= 0.6 is 0 Å². The summed E-state index contributed by atoms with van der Waals surface area (Å²) in [5.74, 6) is 1.92. The average molecular weight is 416 g/mol. The summed E-state index contributed by atoms with van der Waals surface area (Å²) in [5.41, 5.74) is -0.209. The lowest BCUT2D eigenvalue weighted by atomic mass is 10.0. The molecule has 1 fully saturated rings. The number of amides is 1. The van der Waals surface area contributed by atoms with Crippen LogP contribution in [0.15, 0.2) is 36.5 Å². The minimum Gasteiger partial charge on any atom is -0.307 e. The molecule has 0 atom stereocenters. The summed E-state index contributed by atoms with van der Waals surface area (Å²) in [6, 6.07) is 6.76. The van der Waals surface area contributed by atoms with Crippen molar-refractivity contribution in [3.8, 4) is 12.3 Å². The Morgan fingerprint density at radius 2 is 1.87 bits per heavy atom. The maximum Gasteiger partial charge on any atom is 0.416 e. The summed E-state index contributed by atoms with van der Waals surface area (Å²) in [4.78, 5) is 20.7. The van der Waals surface area contributed by atoms with E-state index in [2.05, 4.69) is 28.0 Å². The number of hydrogen-bond acceptors (Lipinski definition) is 4. The summed E-state index contributed by atoms with van der Waals surface area (Å²) in [6.07, 6.45) is 2.18. The van der Waals surface area contributed by atoms with E-state index in [-0.39, 0.29) is 23.5 Å². The lowest BCUT2D eigenvalue weighted by Gasteiger charge is -2.34. The molecule has 2 aromatic rings. The fourth-order valence-electron chi connectivity index (χ4n) is 3.40. The van der Waals surface area contributed by atoms with E-state index in [0.717, 1.165) is 25.7 Å². The van der Waals surface area contributed by atoms with Gasteiger partial charge < -0.3 is 10.2 Å². The fraction of sp³-hybridized carbons (Fsp3) is 0.364. The maximum atomic E-state index is 13.7. The maximum absolute atomic E-state index is 13.7. The van der Waals surface area contributed by atoms with Crippen LogP contribution in [-0.2, 0) is 12.7 Å². The number of nitrogens with one attached hydrogen (secondary N) is 1. The van der Waals surface area contributed by atoms with Crippen molar-refractivity contribution in [3.05, 3.63) is 58.8 Å². The van der Waals surface area contributed by atoms with Crippen LogP contribution in [0.4, 0.5) is 19.0 Å². The molecule has 1 aliphatic heterocycles. The van der Waals surface area contributed by atoms with Gasteiger partial charge in [-0.1, -0.05) is 18.9 Å². The zero-order valence-electron chi connectivity index (χ0n) is 16.7. The van der Waals surface area contributed by atoms with E-state index in [1.54, 1.807) is 6.07 Å². The molecule has 8 heteroatoms. The van der Waals surface area contributed by atoms with E-state index in [1.165, 1.54) is 24.4 Å². The Bertz CT molecular complexity index is 944. The van der Waals surface area contributed by atoms with Crippen LogP contribution in [0.5, 0.6) is 0 Å². The highest BCUT2D eigenvalue weighted by molar-refractivity contribution is 6.04. The number of halogens is 3. The van der Waals surface area contributed by atoms with E-state index in [1.807, 2.05) is 4.90 Å². The standard InChI is InChI=1S/C22H23F3N4O/c1-3-16-7-8-26-20(13-16)27-21(30)17-5-6-18(19(14-17)22(23,24)25)15-29-11-9-28(4-2)10-12-29/h1,5-8,13-14H,4,9-12,15H2,2H3,(H,26,27,30). The van der Waals surface area contributed by atoms with E-state index in [4.69, 9.17) is 6.42 Å². The van der Waals surface area contributed by atoms with Crippen molar-refractivity contribution in [1.29, 1.82) is 0 Å². The van der Waals surface area contributed by atoms with Gasteiger partial charge in [0, 0.05) is 50.0 Å². The molecule has 1 saturated heterocycles. The molecule has 158 valence electrons. The lowest BCUT2D eigenvalue weighted by Crippen LogP contribution is -2.45. The van der Waals surface area contributed by atoms with Crippen molar-refractivity contribution < 1.29 is 18.0 Å². The number of piperazine rings is 1. The molecule has 2 heterocycles. The molecular formula is C22H23F3N4O. The van der Waals surface area contributed by atoms with Crippen molar-refractivity contribution in [2.75, 3.05) is 38.0 Å². The molecule has 1 amide bonds. The average Bonchev–Trinajstić information content (AvgIpc) is 2.74. The van der Waals surface area contributed by atoms with E-state index >= 15 is 0 Å². The molecule has 30 heavy (non-hydrogen) atoms. The Morgan fingerprint density at radius 1 is 1.17 bits per heavy atom. The van der Waals surface area contributed by atoms with Gasteiger partial charge in [0.15, 0.2) is 0 Å². The molecule has 0 unspecified atom stereocenters. The topological polar surface area (TPSA) is 48.5 Å². The Balaban J connectivity index is 1.78. The smallest absolute Gasteiger partial charge is 0.307 e. The van der Waals surface area contributed by atoms with Gasteiger partial charge >= 0.3 is 6.18 Å². The van der Waals surface area contributed by atoms with Crippen LogP contribution in [0.3, 0.4) is 0 Å². The molecule has 1 aromatic heterocycles. The molecule has 3 rings (SSSR count). The fourth-order valence-corrected chi connectivity index (χ4v) is 3.40. The number of carbonyl (C=O) groups is 1. The van der Waals surface area contributed by atoms with Crippen LogP contribution in [0.1, 0.15) is 34.0 Å². The SMILES string of the molecule is C#Cc1ccnc(NC(=O)c2ccc(CN3CCN(CC)CC3)c(C(F)(F)F)c2)c1. The Kier molecular flexibility index (Phi) is 6.75. The Labute approximate surface area is 173 Å². The zero-order chi connectivity index (χ0) is 21.7. The molecule has 5 nitrogen and oxygen atoms in total. The van der Waals surface area contributed by atoms with Crippen LogP contribution in [0.25, 0.3) is 0 Å². The highest BCUT2D eigenvalue weighted by Crippen LogP contribution is 2.33. The first-order chi connectivity index (χ1) is 14.3. The van der Waals surface area contributed by atoms with Crippen LogP contribution in [0, 0.1) is 12.3 Å². The summed E-state index contributed by atoms with van der Waals surface area (Å²) in [5, 5.41) is 2.49. The molecule has 1 aliphatic rings. The number of anilines is 1. The van der Waals surface area contributed by atoms with Crippen molar-refractivity contribution in [2.45, 2.75) is 19.6 Å². The van der Waals surface area contributed by atoms with E-state index in [0.29, 0.717) is 18.7 Å². The first-order valence-corrected chi connectivity index (χ1v) is 9.69. The van der Waals surface area contributed by atoms with Crippen molar-refractivity contribution in [2.24, 2.45) is 0 Å². The molecular weight excluding hydrogens is 393 g/mol. The summed E-state index contributed by atoms with van der Waals surface area (Å²) in [7, 11) is 0. The number of terminal acetylenes is 1. The normalized spacial score (nSPS) is 15.6. The van der Waals surface area contributed by atoms with Crippen molar-refractivity contribution >= 4 is 11.7 Å². The minimum absolute atomic E-state index is 0.0882. The van der Waals surface area contributed by atoms with Crippen molar-refractivity contribution in [3.63, 3.8) is 0 Å². The first-order valence-electron chi connectivity index (χ1n) is 9.69. The Morgan fingerprint density at radius 3 is 2.50 bits per heavy atom. The predicted molar refractivity (Wildman–Crippen MR) is 109 cm³/mol. The molecule has 0 saturated carbocycles. The monoisotopic (exact) mass is 416 g/mol. The number of nitrogens with zero attached hydrogens (tertiary/aromatic N) is 3. The third-order valence-electron chi connectivity index (χ3n) is 5.15. The quantitative estimate of drug-likeness (QED) is 0.759. The first kappa shape index (κ1) is 21.8. The lowest BCUT2D eigenvalue weighted by molar-refractivity contribution is -0.138. The number of alkyl halides is 3. The second-order valence-electron chi connectivity index (χ2n) is 7.11. The number of aromatic nitrogens is 1. The largest absolute Gasteiger partial charge is 0.416 e. The van der Waals surface area contributed by atoms with Gasteiger partial charge in [-0.05, 0) is 36.4 Å². The Hall–Kier alpha value is -2.89. The van der Waals surface area contributed by atoms with Gasteiger partial charge in [0.2, 0.25) is 0 Å². The summed E-state index contributed by atoms with van der Waals surface area (Å²) < 4.78 is 41.1. The number of carbonyl (C=O) groups excluding carboxylic acids is 1. The van der Waals surface area contributed by atoms with E-state index in [9.17, 15) is 18.0 Å². The third-order valence-corrected chi connectivity index (χ3v) is 5.15. The number of benzene rings is 1. The molecule has 0 spiro atoms. The highest BCUT2D eigenvalue weighted by Gasteiger charge is 2.34. The van der Waals surface area contributed by atoms with Gasteiger partial charge in [-0.15, -0.1) is 6.42 Å². The summed E-state index contributed by atoms with van der Waals surface area (Å²) >= 11 is 0. The van der Waals surface area contributed by atoms with Crippen LogP contribution in [0.2, 0.25) is 0 Å². The molecule has 0 bridgehead atoms. The van der Waals surface area contributed by atoms with Gasteiger partial charge in [-0.25, -0.2) is 4.98 Å². The number of likely N-dealkylation sites (N-methyl/N-ethyl adjacent to an activating group) is 1. The van der Waals surface area contributed by atoms with Crippen molar-refractivity contribution in [1.82, 2.24) is 14.8 Å².